The van der Waals surface area contributed by atoms with Crippen LogP contribution in [0.3, 0.4) is 0 Å². The van der Waals surface area contributed by atoms with E-state index in [9.17, 15) is 4.79 Å². The lowest BCUT2D eigenvalue weighted by Crippen LogP contribution is -2.22. The molecule has 0 saturated heterocycles. The number of para-hydroxylation sites is 2. The van der Waals surface area contributed by atoms with Gasteiger partial charge in [0, 0.05) is 17.0 Å². The maximum atomic E-state index is 13.2. The lowest BCUT2D eigenvalue weighted by Gasteiger charge is -2.14. The number of aromatic nitrogens is 1. The number of carbonyl (C=O) groups is 1. The maximum absolute atomic E-state index is 13.2. The molecule has 0 bridgehead atoms. The Morgan fingerprint density at radius 1 is 0.839 bits per heavy atom. The zero-order valence-corrected chi connectivity index (χ0v) is 17.7. The summed E-state index contributed by atoms with van der Waals surface area (Å²) in [6, 6.07) is 21.9. The second kappa shape index (κ2) is 7.36. The van der Waals surface area contributed by atoms with Gasteiger partial charge in [-0.05, 0) is 56.2 Å². The van der Waals surface area contributed by atoms with Gasteiger partial charge >= 0.3 is 0 Å². The van der Waals surface area contributed by atoms with Gasteiger partial charge in [0.2, 0.25) is 0 Å². The van der Waals surface area contributed by atoms with Crippen LogP contribution in [-0.4, -0.2) is 16.6 Å². The highest BCUT2D eigenvalue weighted by atomic mass is 16.2. The molecule has 0 unspecified atom stereocenters. The zero-order valence-electron chi connectivity index (χ0n) is 17.7. The van der Waals surface area contributed by atoms with Crippen molar-refractivity contribution in [3.8, 4) is 0 Å². The predicted molar refractivity (Wildman–Crippen MR) is 127 cm³/mol. The average Bonchev–Trinajstić information content (AvgIpc) is 3.06. The summed E-state index contributed by atoms with van der Waals surface area (Å²) in [4.78, 5) is 17.9. The van der Waals surface area contributed by atoms with E-state index in [2.05, 4.69) is 17.3 Å². The molecule has 0 atom stereocenters. The van der Waals surface area contributed by atoms with Gasteiger partial charge in [0.15, 0.2) is 0 Å². The van der Waals surface area contributed by atoms with Crippen molar-refractivity contribution < 1.29 is 4.79 Å². The lowest BCUT2D eigenvalue weighted by molar-refractivity contribution is -0.114. The van der Waals surface area contributed by atoms with Gasteiger partial charge in [0.05, 0.1) is 33.7 Å². The second-order valence-corrected chi connectivity index (χ2v) is 7.79. The number of carbonyl (C=O) groups excluding carboxylic acids is 1. The number of hydrazone groups is 1. The molecule has 152 valence electrons. The van der Waals surface area contributed by atoms with E-state index in [0.29, 0.717) is 11.3 Å². The van der Waals surface area contributed by atoms with Crippen molar-refractivity contribution in [3.05, 3.63) is 89.6 Å². The molecule has 1 aliphatic rings. The Bertz CT molecular complexity index is 1360. The minimum absolute atomic E-state index is 0.143. The van der Waals surface area contributed by atoms with Gasteiger partial charge < -0.3 is 5.32 Å². The van der Waals surface area contributed by atoms with E-state index >= 15 is 0 Å². The fourth-order valence-electron chi connectivity index (χ4n) is 3.86. The number of aryl methyl sites for hydroxylation is 2. The standard InChI is InChI=1S/C26H22N4O/c1-16-12-13-19(14-17(16)2)30-26(31)22(18(3)29-30)15-27-25-20-8-4-6-10-23(20)28-24-11-7-5-9-21(24)25/h4-15H,1-3H3,(H,27,28)/b22-15-. The van der Waals surface area contributed by atoms with Gasteiger partial charge in [-0.15, -0.1) is 0 Å². The molecule has 0 radical (unpaired) electrons. The number of fused-ring (bicyclic) bond motifs is 2. The molecule has 1 N–H and O–H groups in total. The van der Waals surface area contributed by atoms with Crippen LogP contribution in [0.2, 0.25) is 0 Å². The molecule has 1 aliphatic heterocycles. The van der Waals surface area contributed by atoms with Crippen molar-refractivity contribution in [1.82, 2.24) is 4.98 Å². The van der Waals surface area contributed by atoms with Crippen molar-refractivity contribution in [2.75, 3.05) is 10.3 Å². The first-order chi connectivity index (χ1) is 15.0. The highest BCUT2D eigenvalue weighted by molar-refractivity contribution is 6.30. The summed E-state index contributed by atoms with van der Waals surface area (Å²) >= 11 is 0. The molecule has 5 heteroatoms. The normalized spacial score (nSPS) is 15.2. The van der Waals surface area contributed by atoms with E-state index in [-0.39, 0.29) is 5.91 Å². The van der Waals surface area contributed by atoms with Crippen LogP contribution in [0.25, 0.3) is 21.8 Å². The molecular formula is C26H22N4O. The van der Waals surface area contributed by atoms with Gasteiger partial charge in [-0.2, -0.15) is 10.1 Å². The smallest absolute Gasteiger partial charge is 0.282 e. The monoisotopic (exact) mass is 406 g/mol. The Hall–Kier alpha value is -3.99. The molecule has 4 aromatic rings. The maximum Gasteiger partial charge on any atom is 0.282 e. The Balaban J connectivity index is 1.55. The van der Waals surface area contributed by atoms with Crippen LogP contribution in [0, 0.1) is 13.8 Å². The van der Waals surface area contributed by atoms with Crippen LogP contribution in [-0.2, 0) is 4.79 Å². The Kier molecular flexibility index (Phi) is 4.51. The summed E-state index contributed by atoms with van der Waals surface area (Å²) in [5.74, 6) is -0.143. The third-order valence-corrected chi connectivity index (χ3v) is 5.75. The van der Waals surface area contributed by atoms with Crippen molar-refractivity contribution in [2.45, 2.75) is 20.8 Å². The average molecular weight is 406 g/mol. The number of amides is 1. The van der Waals surface area contributed by atoms with Gasteiger partial charge in [-0.25, -0.2) is 4.98 Å². The molecule has 0 aliphatic carbocycles. The Labute approximate surface area is 180 Å². The second-order valence-electron chi connectivity index (χ2n) is 7.79. The van der Waals surface area contributed by atoms with Crippen LogP contribution in [0.5, 0.6) is 0 Å². The minimum Gasteiger partial charge on any atom is -0.360 e. The van der Waals surface area contributed by atoms with Crippen LogP contribution < -0.4 is 10.3 Å². The van der Waals surface area contributed by atoms with Crippen molar-refractivity contribution in [3.63, 3.8) is 0 Å². The molecule has 5 rings (SSSR count). The minimum atomic E-state index is -0.143. The van der Waals surface area contributed by atoms with Gasteiger partial charge in [-0.3, -0.25) is 4.79 Å². The quantitative estimate of drug-likeness (QED) is 0.349. The number of hydrogen-bond acceptors (Lipinski definition) is 4. The largest absolute Gasteiger partial charge is 0.360 e. The van der Waals surface area contributed by atoms with E-state index in [4.69, 9.17) is 4.98 Å². The molecule has 1 amide bonds. The van der Waals surface area contributed by atoms with Gasteiger partial charge in [0.1, 0.15) is 0 Å². The summed E-state index contributed by atoms with van der Waals surface area (Å²) in [5, 5.41) is 11.4. The highest BCUT2D eigenvalue weighted by Crippen LogP contribution is 2.31. The number of benzene rings is 3. The first-order valence-electron chi connectivity index (χ1n) is 10.2. The zero-order chi connectivity index (χ0) is 21.5. The van der Waals surface area contributed by atoms with E-state index in [1.54, 1.807) is 6.20 Å². The summed E-state index contributed by atoms with van der Waals surface area (Å²) in [7, 11) is 0. The molecule has 1 aromatic heterocycles. The summed E-state index contributed by atoms with van der Waals surface area (Å²) in [6.07, 6.45) is 1.76. The van der Waals surface area contributed by atoms with Crippen LogP contribution in [0.15, 0.2) is 83.6 Å². The Morgan fingerprint density at radius 3 is 2.13 bits per heavy atom. The fourth-order valence-corrected chi connectivity index (χ4v) is 3.86. The first-order valence-corrected chi connectivity index (χ1v) is 10.2. The number of nitrogens with zero attached hydrogens (tertiary/aromatic N) is 3. The lowest BCUT2D eigenvalue weighted by atomic mass is 10.1. The van der Waals surface area contributed by atoms with Gasteiger partial charge in [-0.1, -0.05) is 42.5 Å². The number of pyridine rings is 1. The molecular weight excluding hydrogens is 384 g/mol. The molecule has 3 aromatic carbocycles. The third kappa shape index (κ3) is 3.24. The highest BCUT2D eigenvalue weighted by Gasteiger charge is 2.29. The van der Waals surface area contributed by atoms with E-state index in [1.807, 2.05) is 80.6 Å². The number of hydrogen-bond donors (Lipinski definition) is 1. The summed E-state index contributed by atoms with van der Waals surface area (Å²) in [6.45, 7) is 5.95. The number of anilines is 2. The van der Waals surface area contributed by atoms with E-state index < -0.39 is 0 Å². The molecule has 0 fully saturated rings. The Morgan fingerprint density at radius 2 is 1.48 bits per heavy atom. The number of nitrogens with one attached hydrogen (secondary N) is 1. The SMILES string of the molecule is CC1=NN(c2ccc(C)c(C)c2)C(=O)/C1=C\Nc1c2ccccc2nc2ccccc12. The molecule has 5 nitrogen and oxygen atoms in total. The predicted octanol–water partition coefficient (Wildman–Crippen LogP) is 5.72. The van der Waals surface area contributed by atoms with Crippen LogP contribution in [0.4, 0.5) is 11.4 Å². The third-order valence-electron chi connectivity index (χ3n) is 5.75. The van der Waals surface area contributed by atoms with E-state index in [0.717, 1.165) is 38.7 Å². The topological polar surface area (TPSA) is 57.6 Å². The summed E-state index contributed by atoms with van der Waals surface area (Å²) in [5.41, 5.74) is 7.05. The molecule has 0 spiro atoms. The number of rotatable bonds is 3. The molecule has 2 heterocycles. The molecule has 0 saturated carbocycles. The fraction of sp³-hybridized carbons (Fsp3) is 0.115. The van der Waals surface area contributed by atoms with Gasteiger partial charge in [0.25, 0.3) is 5.91 Å². The van der Waals surface area contributed by atoms with Crippen molar-refractivity contribution >= 4 is 44.8 Å². The van der Waals surface area contributed by atoms with Crippen LogP contribution >= 0.6 is 0 Å². The first kappa shape index (κ1) is 19.0. The molecule has 31 heavy (non-hydrogen) atoms. The van der Waals surface area contributed by atoms with E-state index in [1.165, 1.54) is 10.6 Å². The van der Waals surface area contributed by atoms with Crippen molar-refractivity contribution in [1.29, 1.82) is 0 Å². The van der Waals surface area contributed by atoms with Crippen molar-refractivity contribution in [2.24, 2.45) is 5.10 Å². The summed E-state index contributed by atoms with van der Waals surface area (Å²) < 4.78 is 0. The van der Waals surface area contributed by atoms with Crippen LogP contribution in [0.1, 0.15) is 18.1 Å².